The van der Waals surface area contributed by atoms with Gasteiger partial charge in [0.05, 0.1) is 26.4 Å². The first-order valence-corrected chi connectivity index (χ1v) is 12.2. The zero-order valence-corrected chi connectivity index (χ0v) is 20.3. The van der Waals surface area contributed by atoms with Crippen LogP contribution in [0.15, 0.2) is 66.7 Å². The van der Waals surface area contributed by atoms with Gasteiger partial charge in [0, 0.05) is 18.1 Å². The smallest absolute Gasteiger partial charge is 0.174 e. The highest BCUT2D eigenvalue weighted by Crippen LogP contribution is 2.68. The first-order chi connectivity index (χ1) is 17.1. The lowest BCUT2D eigenvalue weighted by atomic mass is 9.71. The molecule has 1 saturated carbocycles. The minimum absolute atomic E-state index is 0.0619. The molecular weight excluding hydrogens is 442 g/mol. The summed E-state index contributed by atoms with van der Waals surface area (Å²) in [5, 5.41) is 12.5. The van der Waals surface area contributed by atoms with Gasteiger partial charge < -0.3 is 29.8 Å². The second-order valence-corrected chi connectivity index (χ2v) is 9.27. The van der Waals surface area contributed by atoms with Crippen molar-refractivity contribution in [3.05, 3.63) is 83.4 Å². The predicted molar refractivity (Wildman–Crippen MR) is 134 cm³/mol. The summed E-state index contributed by atoms with van der Waals surface area (Å²) in [6.45, 7) is 1.19. The molecule has 184 valence electrons. The van der Waals surface area contributed by atoms with E-state index in [1.165, 1.54) is 0 Å². The summed E-state index contributed by atoms with van der Waals surface area (Å²) in [5.74, 6) is 2.51. The van der Waals surface area contributed by atoms with Crippen molar-refractivity contribution in [3.8, 4) is 23.0 Å². The Morgan fingerprint density at radius 3 is 2.43 bits per heavy atom. The Labute approximate surface area is 206 Å². The molecule has 0 spiro atoms. The minimum atomic E-state index is -1.28. The van der Waals surface area contributed by atoms with Gasteiger partial charge >= 0.3 is 0 Å². The molecule has 1 aliphatic carbocycles. The van der Waals surface area contributed by atoms with Crippen LogP contribution in [0.1, 0.15) is 48.3 Å². The van der Waals surface area contributed by atoms with Gasteiger partial charge in [0.2, 0.25) is 0 Å². The van der Waals surface area contributed by atoms with Crippen molar-refractivity contribution in [1.82, 2.24) is 0 Å². The quantitative estimate of drug-likeness (QED) is 0.430. The average molecular weight is 476 g/mol. The van der Waals surface area contributed by atoms with Gasteiger partial charge in [0.25, 0.3) is 0 Å². The number of hydrogen-bond acceptors (Lipinski definition) is 6. The maximum absolute atomic E-state index is 12.5. The summed E-state index contributed by atoms with van der Waals surface area (Å²) < 4.78 is 24.1. The Morgan fingerprint density at radius 1 is 0.971 bits per heavy atom. The molecule has 3 atom stereocenters. The van der Waals surface area contributed by atoms with Gasteiger partial charge in [-0.3, -0.25) is 0 Å². The van der Waals surface area contributed by atoms with Crippen LogP contribution in [0.3, 0.4) is 0 Å². The van der Waals surface area contributed by atoms with Crippen LogP contribution in [0.2, 0.25) is 0 Å². The maximum atomic E-state index is 12.5. The molecule has 0 bridgehead atoms. The van der Waals surface area contributed by atoms with Gasteiger partial charge in [0.15, 0.2) is 5.60 Å². The Kier molecular flexibility index (Phi) is 6.34. The molecule has 6 nitrogen and oxygen atoms in total. The molecule has 2 aliphatic rings. The number of methoxy groups -OCH3 is 2. The third-order valence-corrected chi connectivity index (χ3v) is 7.43. The SMILES string of the molecule is COc1ccc(C23Oc4cc(OCCCCN)cc(OC)c4[C@@]2(O)CCC3c2ccccc2)cc1. The molecular formula is C29H33NO5. The molecule has 1 aliphatic heterocycles. The molecule has 35 heavy (non-hydrogen) atoms. The van der Waals surface area contributed by atoms with Gasteiger partial charge in [-0.15, -0.1) is 0 Å². The molecule has 2 unspecified atom stereocenters. The molecule has 1 heterocycles. The van der Waals surface area contributed by atoms with Crippen LogP contribution >= 0.6 is 0 Å². The fraction of sp³-hybridized carbons (Fsp3) is 0.379. The molecule has 0 saturated heterocycles. The third kappa shape index (κ3) is 3.72. The summed E-state index contributed by atoms with van der Waals surface area (Å²) in [6, 6.07) is 21.8. The van der Waals surface area contributed by atoms with Crippen molar-refractivity contribution in [1.29, 1.82) is 0 Å². The normalized spacial score (nSPS) is 24.4. The van der Waals surface area contributed by atoms with Gasteiger partial charge in [-0.2, -0.15) is 0 Å². The van der Waals surface area contributed by atoms with E-state index in [2.05, 4.69) is 12.1 Å². The van der Waals surface area contributed by atoms with Crippen LogP contribution in [-0.4, -0.2) is 32.5 Å². The predicted octanol–water partition coefficient (Wildman–Crippen LogP) is 4.87. The van der Waals surface area contributed by atoms with E-state index in [-0.39, 0.29) is 5.92 Å². The average Bonchev–Trinajstić information content (AvgIpc) is 3.33. The number of unbranched alkanes of at least 4 members (excludes halogenated alkanes) is 1. The van der Waals surface area contributed by atoms with Crippen molar-refractivity contribution in [2.45, 2.75) is 42.8 Å². The van der Waals surface area contributed by atoms with Crippen LogP contribution in [-0.2, 0) is 11.2 Å². The van der Waals surface area contributed by atoms with Crippen molar-refractivity contribution in [2.24, 2.45) is 5.73 Å². The largest absolute Gasteiger partial charge is 0.497 e. The minimum Gasteiger partial charge on any atom is -0.497 e. The summed E-state index contributed by atoms with van der Waals surface area (Å²) >= 11 is 0. The first-order valence-electron chi connectivity index (χ1n) is 12.2. The standard InChI is InChI=1S/C29H33NO5/c1-32-22-12-10-21(11-13-22)29-24(20-8-4-3-5-9-20)14-15-28(29,31)27-25(33-2)18-23(19-26(27)35-29)34-17-7-6-16-30/h3-5,8-13,18-19,24,31H,6-7,14-17,30H2,1-2H3/t24?,28-,29?/m0/s1. The first kappa shape index (κ1) is 23.5. The molecule has 3 aromatic rings. The number of aliphatic hydroxyl groups is 1. The van der Waals surface area contributed by atoms with Crippen LogP contribution in [0.5, 0.6) is 23.0 Å². The Morgan fingerprint density at radius 2 is 1.74 bits per heavy atom. The van der Waals surface area contributed by atoms with Crippen molar-refractivity contribution < 1.29 is 24.1 Å². The maximum Gasteiger partial charge on any atom is 0.174 e. The second kappa shape index (κ2) is 9.44. The highest BCUT2D eigenvalue weighted by molar-refractivity contribution is 5.61. The number of hydrogen-bond donors (Lipinski definition) is 2. The summed E-state index contributed by atoms with van der Waals surface area (Å²) in [4.78, 5) is 0. The zero-order chi connectivity index (χ0) is 24.5. The molecule has 0 radical (unpaired) electrons. The highest BCUT2D eigenvalue weighted by Gasteiger charge is 2.69. The number of rotatable bonds is 9. The molecule has 0 aromatic heterocycles. The summed E-state index contributed by atoms with van der Waals surface area (Å²) in [7, 11) is 3.27. The monoisotopic (exact) mass is 475 g/mol. The van der Waals surface area contributed by atoms with E-state index in [1.54, 1.807) is 14.2 Å². The van der Waals surface area contributed by atoms with E-state index in [4.69, 9.17) is 24.7 Å². The lowest BCUT2D eigenvalue weighted by Gasteiger charge is -2.40. The molecule has 6 heteroatoms. The van der Waals surface area contributed by atoms with E-state index in [1.807, 2.05) is 54.6 Å². The fourth-order valence-corrected chi connectivity index (χ4v) is 5.83. The Bertz CT molecular complexity index is 1170. The number of ether oxygens (including phenoxy) is 4. The Hall–Kier alpha value is -3.22. The van der Waals surface area contributed by atoms with Gasteiger partial charge in [0.1, 0.15) is 28.6 Å². The molecule has 1 fully saturated rings. The molecule has 3 aromatic carbocycles. The van der Waals surface area contributed by atoms with Gasteiger partial charge in [-0.1, -0.05) is 42.5 Å². The summed E-state index contributed by atoms with van der Waals surface area (Å²) in [5.41, 5.74) is 6.03. The van der Waals surface area contributed by atoms with Crippen LogP contribution in [0, 0.1) is 0 Å². The Balaban J connectivity index is 1.64. The van der Waals surface area contributed by atoms with E-state index in [9.17, 15) is 5.11 Å². The number of nitrogens with two attached hydrogens (primary N) is 1. The van der Waals surface area contributed by atoms with Crippen molar-refractivity contribution in [3.63, 3.8) is 0 Å². The molecule has 5 rings (SSSR count). The third-order valence-electron chi connectivity index (χ3n) is 7.43. The van der Waals surface area contributed by atoms with Crippen LogP contribution in [0.25, 0.3) is 0 Å². The van der Waals surface area contributed by atoms with Crippen molar-refractivity contribution >= 4 is 0 Å². The van der Waals surface area contributed by atoms with Crippen molar-refractivity contribution in [2.75, 3.05) is 27.4 Å². The topological polar surface area (TPSA) is 83.2 Å². The van der Waals surface area contributed by atoms with Gasteiger partial charge in [-0.05, 0) is 55.5 Å². The number of benzene rings is 3. The summed E-state index contributed by atoms with van der Waals surface area (Å²) in [6.07, 6.45) is 3.08. The van der Waals surface area contributed by atoms with E-state index >= 15 is 0 Å². The highest BCUT2D eigenvalue weighted by atomic mass is 16.5. The van der Waals surface area contributed by atoms with Crippen LogP contribution < -0.4 is 24.7 Å². The molecule has 3 N–H and O–H groups in total. The van der Waals surface area contributed by atoms with E-state index in [0.717, 1.165) is 36.1 Å². The zero-order valence-electron chi connectivity index (χ0n) is 20.3. The number of fused-ring (bicyclic) bond motifs is 3. The van der Waals surface area contributed by atoms with E-state index < -0.39 is 11.2 Å². The fourth-order valence-electron chi connectivity index (χ4n) is 5.83. The molecule has 0 amide bonds. The second-order valence-electron chi connectivity index (χ2n) is 9.27. The lowest BCUT2D eigenvalue weighted by molar-refractivity contribution is -0.106. The van der Waals surface area contributed by atoms with Crippen LogP contribution in [0.4, 0.5) is 0 Å². The van der Waals surface area contributed by atoms with Gasteiger partial charge in [-0.25, -0.2) is 0 Å². The van der Waals surface area contributed by atoms with E-state index in [0.29, 0.717) is 42.4 Å². The lowest BCUT2D eigenvalue weighted by Crippen LogP contribution is -2.48.